The normalized spacial score (nSPS) is 18.2. The highest BCUT2D eigenvalue weighted by Gasteiger charge is 2.32. The van der Waals surface area contributed by atoms with Crippen LogP contribution in [0.1, 0.15) is 23.9 Å². The Morgan fingerprint density at radius 1 is 1.36 bits per heavy atom. The van der Waals surface area contributed by atoms with Crippen LogP contribution in [0.2, 0.25) is 0 Å². The number of hydrogen-bond donors (Lipinski definition) is 0. The van der Waals surface area contributed by atoms with E-state index in [9.17, 15) is 4.79 Å². The fourth-order valence-electron chi connectivity index (χ4n) is 2.84. The molecule has 1 aliphatic heterocycles. The van der Waals surface area contributed by atoms with Gasteiger partial charge < -0.3 is 4.90 Å². The van der Waals surface area contributed by atoms with Crippen molar-refractivity contribution in [2.45, 2.75) is 25.4 Å². The average Bonchev–Trinajstić information content (AvgIpc) is 3.26. The molecule has 1 amide bonds. The van der Waals surface area contributed by atoms with Gasteiger partial charge in [0.15, 0.2) is 0 Å². The van der Waals surface area contributed by atoms with E-state index in [1.165, 1.54) is 11.0 Å². The van der Waals surface area contributed by atoms with Crippen LogP contribution in [0, 0.1) is 0 Å². The van der Waals surface area contributed by atoms with E-state index < -0.39 is 0 Å². The van der Waals surface area contributed by atoms with Gasteiger partial charge in [0.05, 0.1) is 16.3 Å². The van der Waals surface area contributed by atoms with Gasteiger partial charge in [-0.15, -0.1) is 16.4 Å². The van der Waals surface area contributed by atoms with Gasteiger partial charge in [0.1, 0.15) is 17.9 Å². The van der Waals surface area contributed by atoms with E-state index in [-0.39, 0.29) is 18.5 Å². The van der Waals surface area contributed by atoms with Gasteiger partial charge in [0.2, 0.25) is 5.91 Å². The Bertz CT molecular complexity index is 766. The molecule has 1 saturated heterocycles. The van der Waals surface area contributed by atoms with Crippen molar-refractivity contribution >= 4 is 27.5 Å². The molecule has 0 saturated carbocycles. The number of carbonyl (C=O) groups is 1. The third kappa shape index (κ3) is 2.35. The molecule has 1 fully saturated rings. The predicted octanol–water partition coefficient (Wildman–Crippen LogP) is 1.65. The van der Waals surface area contributed by atoms with E-state index in [4.69, 9.17) is 4.98 Å². The molecule has 0 N–H and O–H groups in total. The van der Waals surface area contributed by atoms with Crippen molar-refractivity contribution in [1.82, 2.24) is 30.1 Å². The Morgan fingerprint density at radius 3 is 3.09 bits per heavy atom. The van der Waals surface area contributed by atoms with Crippen molar-refractivity contribution < 1.29 is 4.79 Å². The lowest BCUT2D eigenvalue weighted by Gasteiger charge is -2.22. The highest BCUT2D eigenvalue weighted by Crippen LogP contribution is 2.36. The summed E-state index contributed by atoms with van der Waals surface area (Å²) in [6.07, 6.45) is 3.42. The molecule has 0 radical (unpaired) electrons. The lowest BCUT2D eigenvalue weighted by atomic mass is 10.2. The Kier molecular flexibility index (Phi) is 3.30. The zero-order chi connectivity index (χ0) is 14.9. The molecule has 0 aliphatic carbocycles. The van der Waals surface area contributed by atoms with Crippen molar-refractivity contribution in [1.29, 1.82) is 0 Å². The molecular formula is C14H14N6OS. The molecule has 0 unspecified atom stereocenters. The highest BCUT2D eigenvalue weighted by molar-refractivity contribution is 7.18. The third-order valence-corrected chi connectivity index (χ3v) is 4.99. The summed E-state index contributed by atoms with van der Waals surface area (Å²) in [5, 5.41) is 11.9. The van der Waals surface area contributed by atoms with Crippen LogP contribution >= 0.6 is 11.3 Å². The van der Waals surface area contributed by atoms with Crippen LogP contribution in [0.5, 0.6) is 0 Å². The molecule has 4 rings (SSSR count). The van der Waals surface area contributed by atoms with Crippen LogP contribution < -0.4 is 0 Å². The van der Waals surface area contributed by atoms with E-state index in [0.29, 0.717) is 0 Å². The second-order valence-corrected chi connectivity index (χ2v) is 6.33. The molecule has 3 aromatic rings. The number of hydrogen-bond acceptors (Lipinski definition) is 6. The summed E-state index contributed by atoms with van der Waals surface area (Å²) in [5.74, 6) is 0.0362. The van der Waals surface area contributed by atoms with Crippen molar-refractivity contribution in [2.24, 2.45) is 0 Å². The summed E-state index contributed by atoms with van der Waals surface area (Å²) >= 11 is 1.67. The standard InChI is InChI=1S/C14H14N6OS/c21-13(8-19-9-15-17-18-19)20-7-3-5-11(20)14-16-10-4-1-2-6-12(10)22-14/h1-2,4,6,9,11H,3,5,7-8H2/t11-/m1/s1. The monoisotopic (exact) mass is 314 g/mol. The van der Waals surface area contributed by atoms with E-state index in [1.807, 2.05) is 23.1 Å². The van der Waals surface area contributed by atoms with Gasteiger partial charge in [-0.1, -0.05) is 12.1 Å². The van der Waals surface area contributed by atoms with E-state index in [0.717, 1.165) is 34.6 Å². The topological polar surface area (TPSA) is 76.8 Å². The molecule has 1 aliphatic rings. The Labute approximate surface area is 130 Å². The van der Waals surface area contributed by atoms with Crippen LogP contribution in [-0.2, 0) is 11.3 Å². The summed E-state index contributed by atoms with van der Waals surface area (Å²) in [6, 6.07) is 8.15. The summed E-state index contributed by atoms with van der Waals surface area (Å²) < 4.78 is 2.62. The number of rotatable bonds is 3. The number of amides is 1. The fourth-order valence-corrected chi connectivity index (χ4v) is 3.95. The number of para-hydroxylation sites is 1. The third-order valence-electron chi connectivity index (χ3n) is 3.86. The van der Waals surface area contributed by atoms with Crippen LogP contribution in [-0.4, -0.2) is 42.5 Å². The molecule has 3 heterocycles. The quantitative estimate of drug-likeness (QED) is 0.734. The van der Waals surface area contributed by atoms with Crippen LogP contribution in [0.15, 0.2) is 30.6 Å². The van der Waals surface area contributed by atoms with Crippen molar-refractivity contribution in [3.63, 3.8) is 0 Å². The number of aromatic nitrogens is 5. The summed E-state index contributed by atoms with van der Waals surface area (Å²) in [7, 11) is 0. The number of fused-ring (bicyclic) bond motifs is 1. The Hall–Kier alpha value is -2.35. The molecule has 7 nitrogen and oxygen atoms in total. The maximum atomic E-state index is 12.5. The number of thiazole rings is 1. The molecule has 1 atom stereocenters. The van der Waals surface area contributed by atoms with Crippen molar-refractivity contribution in [3.05, 3.63) is 35.6 Å². The van der Waals surface area contributed by atoms with Crippen LogP contribution in [0.3, 0.4) is 0 Å². The van der Waals surface area contributed by atoms with Crippen LogP contribution in [0.25, 0.3) is 10.2 Å². The lowest BCUT2D eigenvalue weighted by molar-refractivity contribution is -0.133. The summed E-state index contributed by atoms with van der Waals surface area (Å²) in [4.78, 5) is 19.1. The highest BCUT2D eigenvalue weighted by atomic mass is 32.1. The van der Waals surface area contributed by atoms with Gasteiger partial charge >= 0.3 is 0 Å². The molecule has 8 heteroatoms. The van der Waals surface area contributed by atoms with Crippen LogP contribution in [0.4, 0.5) is 0 Å². The lowest BCUT2D eigenvalue weighted by Crippen LogP contribution is -2.33. The van der Waals surface area contributed by atoms with Gasteiger partial charge in [-0.05, 0) is 35.4 Å². The average molecular weight is 314 g/mol. The minimum Gasteiger partial charge on any atom is -0.332 e. The predicted molar refractivity (Wildman–Crippen MR) is 81.1 cm³/mol. The number of benzene rings is 1. The van der Waals surface area contributed by atoms with Gasteiger partial charge in [-0.25, -0.2) is 9.67 Å². The Balaban J connectivity index is 1.58. The van der Waals surface area contributed by atoms with Gasteiger partial charge in [0, 0.05) is 6.54 Å². The minimum atomic E-state index is 0.0362. The molecular weight excluding hydrogens is 300 g/mol. The largest absolute Gasteiger partial charge is 0.332 e. The second kappa shape index (κ2) is 5.45. The molecule has 1 aromatic carbocycles. The first-order valence-corrected chi connectivity index (χ1v) is 7.98. The number of nitrogens with zero attached hydrogens (tertiary/aromatic N) is 6. The maximum Gasteiger partial charge on any atom is 0.245 e. The molecule has 0 bridgehead atoms. The van der Waals surface area contributed by atoms with Gasteiger partial charge in [-0.3, -0.25) is 4.79 Å². The van der Waals surface area contributed by atoms with Gasteiger partial charge in [0.25, 0.3) is 0 Å². The first-order valence-electron chi connectivity index (χ1n) is 7.17. The smallest absolute Gasteiger partial charge is 0.245 e. The SMILES string of the molecule is O=C(Cn1cnnn1)N1CCC[C@@H]1c1nc2ccccc2s1. The van der Waals surface area contributed by atoms with Crippen molar-refractivity contribution in [3.8, 4) is 0 Å². The maximum absolute atomic E-state index is 12.5. The number of likely N-dealkylation sites (tertiary alicyclic amines) is 1. The molecule has 0 spiro atoms. The second-order valence-electron chi connectivity index (χ2n) is 5.27. The number of carbonyl (C=O) groups excluding carboxylic acids is 1. The summed E-state index contributed by atoms with van der Waals surface area (Å²) in [6.45, 7) is 0.940. The zero-order valence-electron chi connectivity index (χ0n) is 11.8. The molecule has 2 aromatic heterocycles. The first kappa shape index (κ1) is 13.3. The van der Waals surface area contributed by atoms with E-state index >= 15 is 0 Å². The van der Waals surface area contributed by atoms with Crippen molar-refractivity contribution in [2.75, 3.05) is 6.54 Å². The molecule has 22 heavy (non-hydrogen) atoms. The van der Waals surface area contributed by atoms with E-state index in [1.54, 1.807) is 11.3 Å². The van der Waals surface area contributed by atoms with Gasteiger partial charge in [-0.2, -0.15) is 0 Å². The Morgan fingerprint density at radius 2 is 2.27 bits per heavy atom. The summed E-state index contributed by atoms with van der Waals surface area (Å²) in [5.41, 5.74) is 1.00. The zero-order valence-corrected chi connectivity index (χ0v) is 12.6. The van der Waals surface area contributed by atoms with E-state index in [2.05, 4.69) is 21.6 Å². The first-order chi connectivity index (χ1) is 10.8. The number of tetrazole rings is 1. The fraction of sp³-hybridized carbons (Fsp3) is 0.357. The minimum absolute atomic E-state index is 0.0362. The molecule has 112 valence electrons.